The van der Waals surface area contributed by atoms with Gasteiger partial charge in [0.2, 0.25) is 0 Å². The first kappa shape index (κ1) is 11.9. The molecular weight excluding hydrogens is 256 g/mol. The second kappa shape index (κ2) is 5.24. The molecule has 0 saturated heterocycles. The van der Waals surface area contributed by atoms with Crippen molar-refractivity contribution in [2.75, 3.05) is 5.32 Å². The lowest BCUT2D eigenvalue weighted by atomic mass is 10.1. The number of imidazole rings is 1. The molecule has 1 aromatic carbocycles. The largest absolute Gasteiger partial charge is 0.377 e. The maximum Gasteiger partial charge on any atom is 0.0924 e. The smallest absolute Gasteiger partial charge is 0.0924 e. The minimum absolute atomic E-state index is 0.212. The third-order valence-electron chi connectivity index (χ3n) is 2.97. The number of H-pyrrole nitrogens is 1. The molecule has 0 saturated carbocycles. The molecule has 4 nitrogen and oxygen atoms in total. The van der Waals surface area contributed by atoms with Gasteiger partial charge in [0, 0.05) is 11.1 Å². The number of aromatic nitrogens is 3. The molecule has 2 aromatic heterocycles. The summed E-state index contributed by atoms with van der Waals surface area (Å²) in [6.45, 7) is 2.11. The van der Waals surface area contributed by atoms with E-state index in [-0.39, 0.29) is 6.04 Å². The van der Waals surface area contributed by atoms with Crippen LogP contribution in [-0.4, -0.2) is 15.0 Å². The van der Waals surface area contributed by atoms with Crippen molar-refractivity contribution < 1.29 is 0 Å². The number of thiazole rings is 1. The van der Waals surface area contributed by atoms with E-state index in [0.717, 1.165) is 22.6 Å². The second-order valence-electron chi connectivity index (χ2n) is 4.32. The number of hydrogen-bond acceptors (Lipinski definition) is 4. The van der Waals surface area contributed by atoms with Gasteiger partial charge in [-0.1, -0.05) is 12.1 Å². The van der Waals surface area contributed by atoms with Crippen molar-refractivity contribution in [3.05, 3.63) is 53.4 Å². The van der Waals surface area contributed by atoms with Gasteiger partial charge in [-0.25, -0.2) is 9.97 Å². The van der Waals surface area contributed by atoms with Gasteiger partial charge in [-0.05, 0) is 24.6 Å². The quantitative estimate of drug-likeness (QED) is 0.760. The van der Waals surface area contributed by atoms with E-state index in [4.69, 9.17) is 0 Å². The monoisotopic (exact) mass is 270 g/mol. The van der Waals surface area contributed by atoms with Crippen molar-refractivity contribution in [1.29, 1.82) is 0 Å². The molecule has 0 aliphatic rings. The van der Waals surface area contributed by atoms with Crippen molar-refractivity contribution in [3.63, 3.8) is 0 Å². The van der Waals surface area contributed by atoms with Crippen LogP contribution in [0.1, 0.15) is 18.7 Å². The van der Waals surface area contributed by atoms with Gasteiger partial charge >= 0.3 is 0 Å². The lowest BCUT2D eigenvalue weighted by Crippen LogP contribution is -2.06. The molecule has 1 atom stereocenters. The molecule has 0 bridgehead atoms. The molecular formula is C14H14N4S. The zero-order valence-electron chi connectivity index (χ0n) is 10.5. The second-order valence-corrected chi connectivity index (χ2v) is 5.04. The maximum atomic E-state index is 4.31. The Morgan fingerprint density at radius 1 is 1.26 bits per heavy atom. The molecule has 2 N–H and O–H groups in total. The average Bonchev–Trinajstić information content (AvgIpc) is 3.13. The SMILES string of the molecule is CC(Nc1ccc(-c2cnc[nH]2)cc1)c1cscn1. The van der Waals surface area contributed by atoms with Crippen molar-refractivity contribution in [1.82, 2.24) is 15.0 Å². The van der Waals surface area contributed by atoms with Gasteiger partial charge in [0.1, 0.15) is 0 Å². The van der Waals surface area contributed by atoms with E-state index in [1.807, 2.05) is 11.7 Å². The Hall–Kier alpha value is -2.14. The van der Waals surface area contributed by atoms with Crippen molar-refractivity contribution in [2.24, 2.45) is 0 Å². The van der Waals surface area contributed by atoms with E-state index in [1.54, 1.807) is 17.7 Å². The summed E-state index contributed by atoms with van der Waals surface area (Å²) in [5, 5.41) is 5.50. The van der Waals surface area contributed by atoms with E-state index in [9.17, 15) is 0 Å². The summed E-state index contributed by atoms with van der Waals surface area (Å²) in [5.74, 6) is 0. The van der Waals surface area contributed by atoms with Crippen LogP contribution in [0.3, 0.4) is 0 Å². The van der Waals surface area contributed by atoms with Gasteiger partial charge in [-0.3, -0.25) is 0 Å². The maximum absolute atomic E-state index is 4.31. The number of anilines is 1. The normalized spacial score (nSPS) is 12.3. The van der Waals surface area contributed by atoms with Gasteiger partial charge in [-0.2, -0.15) is 0 Å². The Bertz CT molecular complexity index is 614. The zero-order valence-corrected chi connectivity index (χ0v) is 11.3. The molecule has 0 spiro atoms. The van der Waals surface area contributed by atoms with E-state index in [1.165, 1.54) is 0 Å². The predicted molar refractivity (Wildman–Crippen MR) is 78.2 cm³/mol. The highest BCUT2D eigenvalue weighted by Gasteiger charge is 2.07. The van der Waals surface area contributed by atoms with Crippen LogP contribution in [0.2, 0.25) is 0 Å². The average molecular weight is 270 g/mol. The van der Waals surface area contributed by atoms with Crippen LogP contribution in [0.25, 0.3) is 11.3 Å². The predicted octanol–water partition coefficient (Wildman–Crippen LogP) is 3.71. The minimum atomic E-state index is 0.212. The van der Waals surface area contributed by atoms with E-state index in [2.05, 4.69) is 56.8 Å². The van der Waals surface area contributed by atoms with Crippen LogP contribution in [0.15, 0.2) is 47.7 Å². The Morgan fingerprint density at radius 3 is 2.74 bits per heavy atom. The van der Waals surface area contributed by atoms with E-state index < -0.39 is 0 Å². The van der Waals surface area contributed by atoms with E-state index in [0.29, 0.717) is 0 Å². The molecule has 3 rings (SSSR count). The molecule has 0 amide bonds. The molecule has 1 unspecified atom stereocenters. The number of nitrogens with zero attached hydrogens (tertiary/aromatic N) is 2. The van der Waals surface area contributed by atoms with Gasteiger partial charge in [-0.15, -0.1) is 11.3 Å². The van der Waals surface area contributed by atoms with Crippen LogP contribution in [0.5, 0.6) is 0 Å². The Balaban J connectivity index is 1.73. The van der Waals surface area contributed by atoms with E-state index >= 15 is 0 Å². The standard InChI is InChI=1S/C14H14N4S/c1-10(14-7-19-9-17-14)18-12-4-2-11(3-5-12)13-6-15-8-16-13/h2-10,18H,1H3,(H,15,16). The number of nitrogens with one attached hydrogen (secondary N) is 2. The molecule has 0 radical (unpaired) electrons. The highest BCUT2D eigenvalue weighted by Crippen LogP contribution is 2.22. The fourth-order valence-corrected chi connectivity index (χ4v) is 2.57. The number of aromatic amines is 1. The topological polar surface area (TPSA) is 53.6 Å². The molecule has 0 aliphatic carbocycles. The summed E-state index contributed by atoms with van der Waals surface area (Å²) in [5.41, 5.74) is 6.17. The Kier molecular flexibility index (Phi) is 3.29. The molecule has 96 valence electrons. The summed E-state index contributed by atoms with van der Waals surface area (Å²) in [6, 6.07) is 8.50. The van der Waals surface area contributed by atoms with Crippen LogP contribution in [-0.2, 0) is 0 Å². The van der Waals surface area contributed by atoms with Crippen LogP contribution >= 0.6 is 11.3 Å². The molecule has 5 heteroatoms. The third kappa shape index (κ3) is 2.66. The number of hydrogen-bond donors (Lipinski definition) is 2. The Morgan fingerprint density at radius 2 is 2.11 bits per heavy atom. The fourth-order valence-electron chi connectivity index (χ4n) is 1.92. The van der Waals surface area contributed by atoms with Crippen molar-refractivity contribution in [2.45, 2.75) is 13.0 Å². The summed E-state index contributed by atoms with van der Waals surface area (Å²) in [7, 11) is 0. The third-order valence-corrected chi connectivity index (χ3v) is 3.58. The highest BCUT2D eigenvalue weighted by molar-refractivity contribution is 7.07. The fraction of sp³-hybridized carbons (Fsp3) is 0.143. The van der Waals surface area contributed by atoms with Gasteiger partial charge < -0.3 is 10.3 Å². The first-order valence-electron chi connectivity index (χ1n) is 6.06. The molecule has 3 aromatic rings. The van der Waals surface area contributed by atoms with Crippen molar-refractivity contribution in [3.8, 4) is 11.3 Å². The Labute approximate surface area is 115 Å². The molecule has 19 heavy (non-hydrogen) atoms. The summed E-state index contributed by atoms with van der Waals surface area (Å²) >= 11 is 1.62. The van der Waals surface area contributed by atoms with Crippen molar-refractivity contribution >= 4 is 17.0 Å². The first-order chi connectivity index (χ1) is 9.33. The number of rotatable bonds is 4. The minimum Gasteiger partial charge on any atom is -0.377 e. The van der Waals surface area contributed by atoms with Gasteiger partial charge in [0.05, 0.1) is 35.5 Å². The zero-order chi connectivity index (χ0) is 13.1. The molecule has 0 aliphatic heterocycles. The highest BCUT2D eigenvalue weighted by atomic mass is 32.1. The van der Waals surface area contributed by atoms with Crippen LogP contribution in [0, 0.1) is 0 Å². The van der Waals surface area contributed by atoms with Crippen LogP contribution in [0.4, 0.5) is 5.69 Å². The number of benzene rings is 1. The summed E-state index contributed by atoms with van der Waals surface area (Å²) < 4.78 is 0. The summed E-state index contributed by atoms with van der Waals surface area (Å²) in [6.07, 6.45) is 3.51. The van der Waals surface area contributed by atoms with Gasteiger partial charge in [0.25, 0.3) is 0 Å². The van der Waals surface area contributed by atoms with Crippen LogP contribution < -0.4 is 5.32 Å². The lowest BCUT2D eigenvalue weighted by Gasteiger charge is -2.13. The molecule has 0 fully saturated rings. The molecule has 2 heterocycles. The lowest BCUT2D eigenvalue weighted by molar-refractivity contribution is 0.850. The summed E-state index contributed by atoms with van der Waals surface area (Å²) in [4.78, 5) is 11.4. The van der Waals surface area contributed by atoms with Gasteiger partial charge in [0.15, 0.2) is 0 Å². The first-order valence-corrected chi connectivity index (χ1v) is 7.00.